The molecular weight excluding hydrogens is 294 g/mol. The van der Waals surface area contributed by atoms with Gasteiger partial charge in [0.05, 0.1) is 9.77 Å². The minimum Gasteiger partial charge on any atom is -0.375 e. The molecule has 0 atom stereocenters. The molecule has 0 unspecified atom stereocenters. The minimum atomic E-state index is -3.50. The molecule has 108 valence electrons. The molecule has 0 aliphatic heterocycles. The Bertz CT molecular complexity index is 698. The van der Waals surface area contributed by atoms with E-state index in [4.69, 9.17) is 5.73 Å². The molecular formula is C13H17N3O2S2. The fraction of sp³-hybridized carbons (Fsp3) is 0.308. The van der Waals surface area contributed by atoms with E-state index in [1.54, 1.807) is 51.2 Å². The van der Waals surface area contributed by atoms with Crippen LogP contribution in [0.25, 0.3) is 10.4 Å². The largest absolute Gasteiger partial charge is 0.375 e. The van der Waals surface area contributed by atoms with Crippen LogP contribution in [0.1, 0.15) is 20.8 Å². The zero-order valence-corrected chi connectivity index (χ0v) is 13.2. The van der Waals surface area contributed by atoms with Crippen LogP contribution in [0.2, 0.25) is 0 Å². The number of sulfonamides is 1. The Morgan fingerprint density at radius 1 is 1.20 bits per heavy atom. The van der Waals surface area contributed by atoms with Crippen LogP contribution in [0.3, 0.4) is 0 Å². The number of nitrogens with one attached hydrogen (secondary N) is 1. The summed E-state index contributed by atoms with van der Waals surface area (Å²) in [7, 11) is -3.50. The van der Waals surface area contributed by atoms with Crippen LogP contribution in [-0.4, -0.2) is 18.9 Å². The molecule has 0 bridgehead atoms. The Morgan fingerprint density at radius 2 is 1.80 bits per heavy atom. The number of nitrogen functional groups attached to an aromatic ring is 1. The molecule has 0 amide bonds. The van der Waals surface area contributed by atoms with Crippen molar-refractivity contribution in [2.24, 2.45) is 0 Å². The lowest BCUT2D eigenvalue weighted by molar-refractivity contribution is 0.491. The standard InChI is InChI=1S/C13H17N3O2S2/c1-13(2,3)16-20(17,18)10-6-4-9(5-7-10)11-8-15-12(14)19-11/h4-8,16H,1-3H3,(H2,14,15). The first kappa shape index (κ1) is 15.0. The van der Waals surface area contributed by atoms with Crippen molar-refractivity contribution in [2.45, 2.75) is 31.2 Å². The maximum absolute atomic E-state index is 12.2. The SMILES string of the molecule is CC(C)(C)NS(=O)(=O)c1ccc(-c2cnc(N)s2)cc1. The van der Waals surface area contributed by atoms with Gasteiger partial charge < -0.3 is 5.73 Å². The van der Waals surface area contributed by atoms with Gasteiger partial charge in [0.25, 0.3) is 0 Å². The number of hydrogen-bond donors (Lipinski definition) is 2. The van der Waals surface area contributed by atoms with E-state index in [0.29, 0.717) is 5.13 Å². The van der Waals surface area contributed by atoms with Gasteiger partial charge in [-0.2, -0.15) is 0 Å². The Balaban J connectivity index is 2.29. The lowest BCUT2D eigenvalue weighted by atomic mass is 10.1. The predicted octanol–water partition coefficient (Wildman–Crippen LogP) is 2.47. The number of hydrogen-bond acceptors (Lipinski definition) is 5. The van der Waals surface area contributed by atoms with Gasteiger partial charge in [-0.25, -0.2) is 18.1 Å². The summed E-state index contributed by atoms with van der Waals surface area (Å²) in [5.74, 6) is 0. The van der Waals surface area contributed by atoms with Crippen molar-refractivity contribution in [2.75, 3.05) is 5.73 Å². The summed E-state index contributed by atoms with van der Waals surface area (Å²) in [4.78, 5) is 5.13. The van der Waals surface area contributed by atoms with Gasteiger partial charge in [-0.15, -0.1) is 0 Å². The molecule has 1 aromatic carbocycles. The molecule has 3 N–H and O–H groups in total. The number of benzene rings is 1. The maximum atomic E-state index is 12.2. The predicted molar refractivity (Wildman–Crippen MR) is 82.0 cm³/mol. The van der Waals surface area contributed by atoms with E-state index in [1.807, 2.05) is 0 Å². The second-order valence-corrected chi connectivity index (χ2v) is 8.19. The third-order valence-electron chi connectivity index (χ3n) is 2.41. The molecule has 5 nitrogen and oxygen atoms in total. The third kappa shape index (κ3) is 3.56. The molecule has 0 spiro atoms. The fourth-order valence-corrected chi connectivity index (χ4v) is 3.79. The number of rotatable bonds is 3. The molecule has 2 rings (SSSR count). The number of nitrogens with zero attached hydrogens (tertiary/aromatic N) is 1. The second kappa shape index (κ2) is 5.16. The van der Waals surface area contributed by atoms with Gasteiger partial charge in [0.1, 0.15) is 0 Å². The summed E-state index contributed by atoms with van der Waals surface area (Å²) in [5, 5.41) is 0.492. The Kier molecular flexibility index (Phi) is 3.86. The summed E-state index contributed by atoms with van der Waals surface area (Å²) in [6.45, 7) is 5.41. The Labute approximate surface area is 122 Å². The van der Waals surface area contributed by atoms with E-state index in [0.717, 1.165) is 10.4 Å². The summed E-state index contributed by atoms with van der Waals surface area (Å²) >= 11 is 1.37. The lowest BCUT2D eigenvalue weighted by Crippen LogP contribution is -2.40. The van der Waals surface area contributed by atoms with Crippen LogP contribution in [0, 0.1) is 0 Å². The zero-order valence-electron chi connectivity index (χ0n) is 11.5. The van der Waals surface area contributed by atoms with Gasteiger partial charge in [0, 0.05) is 11.7 Å². The molecule has 0 aliphatic carbocycles. The molecule has 2 aromatic rings. The number of anilines is 1. The van der Waals surface area contributed by atoms with Crippen molar-refractivity contribution in [3.8, 4) is 10.4 Å². The van der Waals surface area contributed by atoms with Crippen LogP contribution in [-0.2, 0) is 10.0 Å². The van der Waals surface area contributed by atoms with Crippen LogP contribution < -0.4 is 10.5 Å². The van der Waals surface area contributed by atoms with Gasteiger partial charge >= 0.3 is 0 Å². The van der Waals surface area contributed by atoms with Gasteiger partial charge in [-0.1, -0.05) is 23.5 Å². The van der Waals surface area contributed by atoms with E-state index in [1.165, 1.54) is 11.3 Å². The summed E-state index contributed by atoms with van der Waals surface area (Å²) in [5.41, 5.74) is 5.97. The van der Waals surface area contributed by atoms with Crippen molar-refractivity contribution in [1.82, 2.24) is 9.71 Å². The van der Waals surface area contributed by atoms with Crippen LogP contribution in [0.4, 0.5) is 5.13 Å². The maximum Gasteiger partial charge on any atom is 0.241 e. The smallest absolute Gasteiger partial charge is 0.241 e. The first-order chi connectivity index (χ1) is 9.17. The molecule has 0 saturated heterocycles. The summed E-state index contributed by atoms with van der Waals surface area (Å²) in [6, 6.07) is 6.67. The molecule has 0 aliphatic rings. The summed E-state index contributed by atoms with van der Waals surface area (Å²) < 4.78 is 26.9. The van der Waals surface area contributed by atoms with Crippen molar-refractivity contribution < 1.29 is 8.42 Å². The van der Waals surface area contributed by atoms with Gasteiger partial charge in [-0.05, 0) is 38.5 Å². The van der Waals surface area contributed by atoms with Crippen LogP contribution in [0.5, 0.6) is 0 Å². The van der Waals surface area contributed by atoms with E-state index >= 15 is 0 Å². The second-order valence-electron chi connectivity index (χ2n) is 5.44. The highest BCUT2D eigenvalue weighted by Gasteiger charge is 2.21. The van der Waals surface area contributed by atoms with Crippen molar-refractivity contribution in [3.05, 3.63) is 30.5 Å². The minimum absolute atomic E-state index is 0.244. The Hall–Kier alpha value is -1.44. The van der Waals surface area contributed by atoms with Crippen LogP contribution >= 0.6 is 11.3 Å². The zero-order chi connectivity index (χ0) is 15.0. The van der Waals surface area contributed by atoms with E-state index < -0.39 is 15.6 Å². The van der Waals surface area contributed by atoms with Gasteiger partial charge in [-0.3, -0.25) is 0 Å². The molecule has 0 radical (unpaired) electrons. The Morgan fingerprint density at radius 3 is 2.25 bits per heavy atom. The van der Waals surface area contributed by atoms with E-state index in [9.17, 15) is 8.42 Å². The molecule has 1 aromatic heterocycles. The van der Waals surface area contributed by atoms with Gasteiger partial charge in [0.2, 0.25) is 10.0 Å². The number of nitrogens with two attached hydrogens (primary N) is 1. The fourth-order valence-electron chi connectivity index (χ4n) is 1.68. The van der Waals surface area contributed by atoms with Crippen molar-refractivity contribution in [3.63, 3.8) is 0 Å². The average Bonchev–Trinajstić information content (AvgIpc) is 2.73. The topological polar surface area (TPSA) is 85.1 Å². The molecule has 20 heavy (non-hydrogen) atoms. The molecule has 1 heterocycles. The van der Waals surface area contributed by atoms with E-state index in [-0.39, 0.29) is 4.90 Å². The van der Waals surface area contributed by atoms with Gasteiger partial charge in [0.15, 0.2) is 5.13 Å². The normalized spacial score (nSPS) is 12.6. The van der Waals surface area contributed by atoms with Crippen LogP contribution in [0.15, 0.2) is 35.4 Å². The molecule has 7 heteroatoms. The van der Waals surface area contributed by atoms with E-state index in [2.05, 4.69) is 9.71 Å². The molecule has 0 saturated carbocycles. The first-order valence-corrected chi connectivity index (χ1v) is 8.33. The van der Waals surface area contributed by atoms with Crippen molar-refractivity contribution >= 4 is 26.5 Å². The highest BCUT2D eigenvalue weighted by Crippen LogP contribution is 2.28. The highest BCUT2D eigenvalue weighted by molar-refractivity contribution is 7.89. The lowest BCUT2D eigenvalue weighted by Gasteiger charge is -2.20. The first-order valence-electron chi connectivity index (χ1n) is 6.03. The summed E-state index contributed by atoms with van der Waals surface area (Å²) in [6.07, 6.45) is 1.68. The quantitative estimate of drug-likeness (QED) is 0.912. The average molecular weight is 311 g/mol. The van der Waals surface area contributed by atoms with Crippen molar-refractivity contribution in [1.29, 1.82) is 0 Å². The number of aromatic nitrogens is 1. The third-order valence-corrected chi connectivity index (χ3v) is 5.06. The number of thiazole rings is 1. The highest BCUT2D eigenvalue weighted by atomic mass is 32.2. The molecule has 0 fully saturated rings. The monoisotopic (exact) mass is 311 g/mol.